The van der Waals surface area contributed by atoms with Crippen molar-refractivity contribution in [2.24, 2.45) is 0 Å². The number of amides is 1. The molecule has 1 N–H and O–H groups in total. The Bertz CT molecular complexity index is 867. The van der Waals surface area contributed by atoms with Crippen LogP contribution in [0.3, 0.4) is 0 Å². The zero-order valence-corrected chi connectivity index (χ0v) is 15.7. The summed E-state index contributed by atoms with van der Waals surface area (Å²) in [4.78, 5) is 24.0. The van der Waals surface area contributed by atoms with E-state index in [9.17, 15) is 18.0 Å². The Kier molecular flexibility index (Phi) is 5.97. The molecule has 0 aliphatic carbocycles. The second kappa shape index (κ2) is 7.79. The fourth-order valence-corrected chi connectivity index (χ4v) is 3.95. The molecular weight excluding hydrogens is 362 g/mol. The first kappa shape index (κ1) is 19.1. The van der Waals surface area contributed by atoms with E-state index in [4.69, 9.17) is 0 Å². The molecule has 2 rings (SSSR count). The minimum Gasteiger partial charge on any atom is -0.465 e. The van der Waals surface area contributed by atoms with Gasteiger partial charge in [-0.1, -0.05) is 12.1 Å². The van der Waals surface area contributed by atoms with Crippen molar-refractivity contribution in [3.8, 4) is 0 Å². The van der Waals surface area contributed by atoms with Gasteiger partial charge >= 0.3 is 5.97 Å². The molecule has 6 nitrogen and oxygen atoms in total. The van der Waals surface area contributed by atoms with E-state index in [0.29, 0.717) is 16.1 Å². The molecule has 0 saturated heterocycles. The van der Waals surface area contributed by atoms with Crippen LogP contribution in [0.5, 0.6) is 0 Å². The fraction of sp³-hybridized carbons (Fsp3) is 0.294. The molecule has 134 valence electrons. The molecular formula is C17H19NO5S2. The Morgan fingerprint density at radius 2 is 1.80 bits per heavy atom. The highest BCUT2D eigenvalue weighted by molar-refractivity contribution is 7.92. The molecule has 0 atom stereocenters. The number of rotatable bonds is 6. The summed E-state index contributed by atoms with van der Waals surface area (Å²) in [6.07, 6.45) is 0.0700. The van der Waals surface area contributed by atoms with Crippen LogP contribution in [0, 0.1) is 0 Å². The van der Waals surface area contributed by atoms with Crippen molar-refractivity contribution in [1.82, 2.24) is 0 Å². The van der Waals surface area contributed by atoms with Gasteiger partial charge in [0.25, 0.3) is 0 Å². The maximum Gasteiger partial charge on any atom is 0.340 e. The molecule has 2 aromatic rings. The van der Waals surface area contributed by atoms with Gasteiger partial charge in [0.2, 0.25) is 5.91 Å². The van der Waals surface area contributed by atoms with Crippen molar-refractivity contribution in [3.63, 3.8) is 0 Å². The molecule has 25 heavy (non-hydrogen) atoms. The topological polar surface area (TPSA) is 89.5 Å². The third-order valence-corrected chi connectivity index (χ3v) is 6.56. The van der Waals surface area contributed by atoms with Gasteiger partial charge in [-0.05, 0) is 43.0 Å². The van der Waals surface area contributed by atoms with Gasteiger partial charge < -0.3 is 10.1 Å². The van der Waals surface area contributed by atoms with Crippen LogP contribution in [0.25, 0.3) is 0 Å². The van der Waals surface area contributed by atoms with Gasteiger partial charge in [-0.3, -0.25) is 4.79 Å². The van der Waals surface area contributed by atoms with Crippen LogP contribution in [0.2, 0.25) is 0 Å². The first-order chi connectivity index (χ1) is 11.8. The quantitative estimate of drug-likeness (QED) is 0.777. The van der Waals surface area contributed by atoms with Crippen molar-refractivity contribution in [2.45, 2.75) is 30.4 Å². The molecule has 0 aliphatic heterocycles. The number of thiophene rings is 1. The maximum atomic E-state index is 12.2. The molecule has 1 amide bonds. The average molecular weight is 381 g/mol. The van der Waals surface area contributed by atoms with Crippen molar-refractivity contribution in [2.75, 3.05) is 12.4 Å². The lowest BCUT2D eigenvalue weighted by Crippen LogP contribution is -2.16. The molecule has 0 unspecified atom stereocenters. The summed E-state index contributed by atoms with van der Waals surface area (Å²) in [7, 11) is -2.06. The highest BCUT2D eigenvalue weighted by atomic mass is 32.2. The number of benzene rings is 1. The monoisotopic (exact) mass is 381 g/mol. The van der Waals surface area contributed by atoms with Gasteiger partial charge in [-0.25, -0.2) is 13.2 Å². The summed E-state index contributed by atoms with van der Waals surface area (Å²) in [6, 6.07) is 7.82. The van der Waals surface area contributed by atoms with Crippen molar-refractivity contribution >= 4 is 38.1 Å². The molecule has 0 bridgehead atoms. The summed E-state index contributed by atoms with van der Waals surface area (Å²) in [5.74, 6) is -0.813. The lowest BCUT2D eigenvalue weighted by Gasteiger charge is -2.09. The molecule has 0 radical (unpaired) electrons. The van der Waals surface area contributed by atoms with E-state index in [1.54, 1.807) is 37.4 Å². The Balaban J connectivity index is 2.07. The van der Waals surface area contributed by atoms with Crippen LogP contribution in [-0.2, 0) is 25.8 Å². The van der Waals surface area contributed by atoms with E-state index >= 15 is 0 Å². The largest absolute Gasteiger partial charge is 0.465 e. The van der Waals surface area contributed by atoms with Gasteiger partial charge in [0.05, 0.1) is 29.2 Å². The Labute approximate surface area is 150 Å². The standard InChI is InChI=1S/C17H19NO5S2/c1-11(2)25(21,22)13-6-4-12(5-7-13)10-15(19)18-16-14(8-9-24-16)17(20)23-3/h4-9,11H,10H2,1-3H3,(H,18,19). The van der Waals surface area contributed by atoms with E-state index < -0.39 is 21.1 Å². The number of carbonyl (C=O) groups is 2. The van der Waals surface area contributed by atoms with Crippen LogP contribution in [0.4, 0.5) is 5.00 Å². The fourth-order valence-electron chi connectivity index (χ4n) is 2.10. The number of sulfone groups is 1. The molecule has 0 spiro atoms. The van der Waals surface area contributed by atoms with Crippen LogP contribution in [0.15, 0.2) is 40.6 Å². The molecule has 1 aromatic carbocycles. The van der Waals surface area contributed by atoms with E-state index in [1.165, 1.54) is 30.6 Å². The number of esters is 1. The highest BCUT2D eigenvalue weighted by Crippen LogP contribution is 2.24. The molecule has 8 heteroatoms. The van der Waals surface area contributed by atoms with Gasteiger partial charge in [-0.15, -0.1) is 11.3 Å². The van der Waals surface area contributed by atoms with E-state index in [-0.39, 0.29) is 17.2 Å². The number of carbonyl (C=O) groups excluding carboxylic acids is 2. The molecule has 0 fully saturated rings. The zero-order valence-electron chi connectivity index (χ0n) is 14.1. The van der Waals surface area contributed by atoms with Crippen molar-refractivity contribution < 1.29 is 22.7 Å². The number of nitrogens with one attached hydrogen (secondary N) is 1. The second-order valence-corrected chi connectivity index (χ2v) is 9.04. The number of methoxy groups -OCH3 is 1. The first-order valence-electron chi connectivity index (χ1n) is 7.54. The number of ether oxygens (including phenoxy) is 1. The van der Waals surface area contributed by atoms with E-state index in [2.05, 4.69) is 10.1 Å². The van der Waals surface area contributed by atoms with Crippen LogP contribution >= 0.6 is 11.3 Å². The van der Waals surface area contributed by atoms with Gasteiger partial charge in [-0.2, -0.15) is 0 Å². The van der Waals surface area contributed by atoms with Crippen LogP contribution < -0.4 is 5.32 Å². The zero-order chi connectivity index (χ0) is 18.6. The normalized spacial score (nSPS) is 11.4. The molecule has 1 aromatic heterocycles. The molecule has 0 aliphatic rings. The minimum atomic E-state index is -3.33. The Morgan fingerprint density at radius 1 is 1.16 bits per heavy atom. The third kappa shape index (κ3) is 4.46. The summed E-state index contributed by atoms with van der Waals surface area (Å²) in [6.45, 7) is 3.24. The summed E-state index contributed by atoms with van der Waals surface area (Å²) < 4.78 is 28.8. The summed E-state index contributed by atoms with van der Waals surface area (Å²) in [5, 5.41) is 4.29. The maximum absolute atomic E-state index is 12.2. The SMILES string of the molecule is COC(=O)c1ccsc1NC(=O)Cc1ccc(S(=O)(=O)C(C)C)cc1. The lowest BCUT2D eigenvalue weighted by molar-refractivity contribution is -0.115. The van der Waals surface area contributed by atoms with Gasteiger partial charge in [0, 0.05) is 0 Å². The summed E-state index contributed by atoms with van der Waals surface area (Å²) >= 11 is 1.23. The van der Waals surface area contributed by atoms with Gasteiger partial charge in [0.1, 0.15) is 5.00 Å². The van der Waals surface area contributed by atoms with E-state index in [0.717, 1.165) is 0 Å². The number of hydrogen-bond donors (Lipinski definition) is 1. The lowest BCUT2D eigenvalue weighted by atomic mass is 10.1. The molecule has 0 saturated carbocycles. The Morgan fingerprint density at radius 3 is 2.36 bits per heavy atom. The number of hydrogen-bond acceptors (Lipinski definition) is 6. The smallest absolute Gasteiger partial charge is 0.340 e. The average Bonchev–Trinajstić information content (AvgIpc) is 3.02. The van der Waals surface area contributed by atoms with Gasteiger partial charge in [0.15, 0.2) is 9.84 Å². The van der Waals surface area contributed by atoms with Crippen molar-refractivity contribution in [1.29, 1.82) is 0 Å². The first-order valence-corrected chi connectivity index (χ1v) is 9.96. The summed E-state index contributed by atoms with van der Waals surface area (Å²) in [5.41, 5.74) is 0.982. The predicted molar refractivity (Wildman–Crippen MR) is 96.8 cm³/mol. The highest BCUT2D eigenvalue weighted by Gasteiger charge is 2.19. The Hall–Kier alpha value is -2.19. The van der Waals surface area contributed by atoms with Crippen LogP contribution in [0.1, 0.15) is 29.8 Å². The van der Waals surface area contributed by atoms with E-state index in [1.807, 2.05) is 0 Å². The predicted octanol–water partition coefficient (Wildman–Crippen LogP) is 2.90. The second-order valence-electron chi connectivity index (χ2n) is 5.62. The van der Waals surface area contributed by atoms with Crippen LogP contribution in [-0.4, -0.2) is 32.7 Å². The number of anilines is 1. The third-order valence-electron chi connectivity index (χ3n) is 3.56. The van der Waals surface area contributed by atoms with Crippen molar-refractivity contribution in [3.05, 3.63) is 46.8 Å². The minimum absolute atomic E-state index is 0.0700. The molecule has 1 heterocycles.